The second kappa shape index (κ2) is 10.8. The fourth-order valence-electron chi connectivity index (χ4n) is 4.29. The molecule has 0 radical (unpaired) electrons. The van der Waals surface area contributed by atoms with Gasteiger partial charge < -0.3 is 14.2 Å². The van der Waals surface area contributed by atoms with Crippen molar-refractivity contribution in [1.82, 2.24) is 14.8 Å². The van der Waals surface area contributed by atoms with Crippen molar-refractivity contribution in [2.75, 3.05) is 6.54 Å². The molecule has 0 unspecified atom stereocenters. The van der Waals surface area contributed by atoms with Crippen LogP contribution in [0.2, 0.25) is 0 Å². The summed E-state index contributed by atoms with van der Waals surface area (Å²) in [4.78, 5) is 34.5. The highest BCUT2D eigenvalue weighted by Gasteiger charge is 2.30. The van der Waals surface area contributed by atoms with Crippen LogP contribution in [0.25, 0.3) is 0 Å². The van der Waals surface area contributed by atoms with Gasteiger partial charge in [-0.1, -0.05) is 49.6 Å². The fraction of sp³-hybridized carbons (Fsp3) is 0.346. The molecule has 1 fully saturated rings. The Balaban J connectivity index is 1.56. The normalized spacial score (nSPS) is 14.1. The van der Waals surface area contributed by atoms with Gasteiger partial charge in [0.2, 0.25) is 5.91 Å². The lowest BCUT2D eigenvalue weighted by Crippen LogP contribution is -2.48. The van der Waals surface area contributed by atoms with Crippen LogP contribution in [0.1, 0.15) is 53.8 Å². The maximum atomic E-state index is 13.5. The fourth-order valence-corrected chi connectivity index (χ4v) is 4.29. The molecule has 4 rings (SSSR count). The summed E-state index contributed by atoms with van der Waals surface area (Å²) in [5.74, 6) is 0.530. The highest BCUT2D eigenvalue weighted by Crippen LogP contribution is 2.24. The Bertz CT molecular complexity index is 984. The zero-order valence-electron chi connectivity index (χ0n) is 18.2. The van der Waals surface area contributed by atoms with E-state index in [2.05, 4.69) is 4.98 Å². The molecule has 6 heteroatoms. The van der Waals surface area contributed by atoms with E-state index in [-0.39, 0.29) is 24.4 Å². The van der Waals surface area contributed by atoms with Crippen LogP contribution in [0.4, 0.5) is 0 Å². The maximum absolute atomic E-state index is 13.5. The van der Waals surface area contributed by atoms with Crippen molar-refractivity contribution in [3.8, 4) is 0 Å². The molecular formula is C26H29N3O3. The minimum Gasteiger partial charge on any atom is -0.467 e. The third kappa shape index (κ3) is 5.63. The predicted molar refractivity (Wildman–Crippen MR) is 122 cm³/mol. The molecule has 6 nitrogen and oxygen atoms in total. The number of carbonyl (C=O) groups is 2. The summed E-state index contributed by atoms with van der Waals surface area (Å²) < 4.78 is 5.51. The summed E-state index contributed by atoms with van der Waals surface area (Å²) in [5, 5.41) is 0. The SMILES string of the molecule is O=C(CN(C(=O)c1ccncc1)C1CCCCC1)N(Cc1ccccc1)Cc1ccco1. The Hall–Kier alpha value is -3.41. The highest BCUT2D eigenvalue weighted by molar-refractivity contribution is 5.96. The lowest BCUT2D eigenvalue weighted by Gasteiger charge is -2.35. The minimum absolute atomic E-state index is 0.0549. The van der Waals surface area contributed by atoms with Crippen molar-refractivity contribution >= 4 is 11.8 Å². The molecule has 1 aliphatic carbocycles. The smallest absolute Gasteiger partial charge is 0.254 e. The first kappa shape index (κ1) is 21.8. The van der Waals surface area contributed by atoms with Gasteiger partial charge in [0.05, 0.1) is 12.8 Å². The molecule has 0 aliphatic heterocycles. The summed E-state index contributed by atoms with van der Waals surface area (Å²) in [5.41, 5.74) is 1.61. The van der Waals surface area contributed by atoms with E-state index >= 15 is 0 Å². The predicted octanol–water partition coefficient (Wildman–Crippen LogP) is 4.68. The van der Waals surface area contributed by atoms with Gasteiger partial charge in [-0.25, -0.2) is 0 Å². The van der Waals surface area contributed by atoms with Gasteiger partial charge in [0, 0.05) is 30.5 Å². The Labute approximate surface area is 188 Å². The van der Waals surface area contributed by atoms with E-state index in [1.165, 1.54) is 6.42 Å². The van der Waals surface area contributed by atoms with E-state index in [0.717, 1.165) is 37.0 Å². The van der Waals surface area contributed by atoms with Crippen molar-refractivity contribution in [3.05, 3.63) is 90.1 Å². The van der Waals surface area contributed by atoms with Gasteiger partial charge >= 0.3 is 0 Å². The Morgan fingerprint density at radius 1 is 0.906 bits per heavy atom. The van der Waals surface area contributed by atoms with Gasteiger partial charge in [-0.15, -0.1) is 0 Å². The van der Waals surface area contributed by atoms with E-state index in [1.807, 2.05) is 42.5 Å². The number of amides is 2. The number of furan rings is 1. The molecule has 2 aromatic heterocycles. The second-order valence-corrected chi connectivity index (χ2v) is 8.28. The van der Waals surface area contributed by atoms with Crippen molar-refractivity contribution in [2.24, 2.45) is 0 Å². The lowest BCUT2D eigenvalue weighted by molar-refractivity contribution is -0.134. The lowest BCUT2D eigenvalue weighted by atomic mass is 9.93. The average Bonchev–Trinajstić information content (AvgIpc) is 3.36. The third-order valence-electron chi connectivity index (χ3n) is 6.00. The zero-order valence-corrected chi connectivity index (χ0v) is 18.2. The monoisotopic (exact) mass is 431 g/mol. The molecule has 0 N–H and O–H groups in total. The van der Waals surface area contributed by atoms with Crippen LogP contribution < -0.4 is 0 Å². The largest absolute Gasteiger partial charge is 0.467 e. The molecule has 0 atom stereocenters. The molecule has 1 aliphatic rings. The third-order valence-corrected chi connectivity index (χ3v) is 6.00. The van der Waals surface area contributed by atoms with Crippen LogP contribution in [0.5, 0.6) is 0 Å². The summed E-state index contributed by atoms with van der Waals surface area (Å²) >= 11 is 0. The van der Waals surface area contributed by atoms with Crippen LogP contribution in [0, 0.1) is 0 Å². The van der Waals surface area contributed by atoms with Crippen molar-refractivity contribution in [3.63, 3.8) is 0 Å². The number of pyridine rings is 1. The van der Waals surface area contributed by atoms with Crippen molar-refractivity contribution in [1.29, 1.82) is 0 Å². The number of rotatable bonds is 8. The van der Waals surface area contributed by atoms with E-state index < -0.39 is 0 Å². The van der Waals surface area contributed by atoms with Gasteiger partial charge in [0.25, 0.3) is 5.91 Å². The molecule has 2 heterocycles. The number of hydrogen-bond donors (Lipinski definition) is 0. The van der Waals surface area contributed by atoms with Gasteiger partial charge in [-0.05, 0) is 42.7 Å². The van der Waals surface area contributed by atoms with Crippen molar-refractivity contribution < 1.29 is 14.0 Å². The first-order valence-electron chi connectivity index (χ1n) is 11.3. The van der Waals surface area contributed by atoms with Crippen LogP contribution in [0.3, 0.4) is 0 Å². The maximum Gasteiger partial charge on any atom is 0.254 e. The molecule has 0 saturated heterocycles. The first-order chi connectivity index (χ1) is 15.7. The second-order valence-electron chi connectivity index (χ2n) is 8.28. The summed E-state index contributed by atoms with van der Waals surface area (Å²) in [6.45, 7) is 0.879. The number of nitrogens with zero attached hydrogens (tertiary/aromatic N) is 3. The molecule has 1 saturated carbocycles. The van der Waals surface area contributed by atoms with Crippen molar-refractivity contribution in [2.45, 2.75) is 51.2 Å². The first-order valence-corrected chi connectivity index (χ1v) is 11.3. The Morgan fingerprint density at radius 2 is 1.66 bits per heavy atom. The number of aromatic nitrogens is 1. The van der Waals surface area contributed by atoms with E-state index in [1.54, 1.807) is 40.6 Å². The van der Waals surface area contributed by atoms with E-state index in [0.29, 0.717) is 18.7 Å². The molecule has 3 aromatic rings. The highest BCUT2D eigenvalue weighted by atomic mass is 16.3. The molecular weight excluding hydrogens is 402 g/mol. The number of carbonyl (C=O) groups excluding carboxylic acids is 2. The van der Waals surface area contributed by atoms with Crippen LogP contribution in [-0.4, -0.2) is 39.2 Å². The van der Waals surface area contributed by atoms with Gasteiger partial charge in [-0.3, -0.25) is 14.6 Å². The molecule has 2 amide bonds. The summed E-state index contributed by atoms with van der Waals surface area (Å²) in [7, 11) is 0. The van der Waals surface area contributed by atoms with Crippen LogP contribution in [0.15, 0.2) is 77.7 Å². The molecule has 0 spiro atoms. The van der Waals surface area contributed by atoms with Gasteiger partial charge in [0.15, 0.2) is 0 Å². The molecule has 0 bridgehead atoms. The number of hydrogen-bond acceptors (Lipinski definition) is 4. The Morgan fingerprint density at radius 3 is 2.34 bits per heavy atom. The van der Waals surface area contributed by atoms with Crippen LogP contribution >= 0.6 is 0 Å². The summed E-state index contributed by atoms with van der Waals surface area (Å²) in [6, 6.07) is 17.1. The van der Waals surface area contributed by atoms with E-state index in [9.17, 15) is 9.59 Å². The van der Waals surface area contributed by atoms with Gasteiger partial charge in [0.1, 0.15) is 12.3 Å². The Kier molecular flexibility index (Phi) is 7.33. The molecule has 32 heavy (non-hydrogen) atoms. The standard InChI is InChI=1S/C26H29N3O3/c30-25(28(19-24-12-7-17-32-24)18-21-8-3-1-4-9-21)20-29(23-10-5-2-6-11-23)26(31)22-13-15-27-16-14-22/h1,3-4,7-9,12-17,23H,2,5-6,10-11,18-20H2. The number of benzene rings is 1. The summed E-state index contributed by atoms with van der Waals surface area (Å²) in [6.07, 6.45) is 10.1. The van der Waals surface area contributed by atoms with E-state index in [4.69, 9.17) is 4.42 Å². The minimum atomic E-state index is -0.106. The topological polar surface area (TPSA) is 66.7 Å². The quantitative estimate of drug-likeness (QED) is 0.519. The molecule has 1 aromatic carbocycles. The average molecular weight is 432 g/mol. The zero-order chi connectivity index (χ0) is 22.2. The van der Waals surface area contributed by atoms with Gasteiger partial charge in [-0.2, -0.15) is 0 Å². The molecule has 166 valence electrons. The van der Waals surface area contributed by atoms with Crippen LogP contribution in [-0.2, 0) is 17.9 Å².